The summed E-state index contributed by atoms with van der Waals surface area (Å²) < 4.78 is 0. The Bertz CT molecular complexity index is 940. The van der Waals surface area contributed by atoms with E-state index in [4.69, 9.17) is 0 Å². The molecule has 9 heteroatoms. The third-order valence-corrected chi connectivity index (χ3v) is 5.29. The molecule has 2 aliphatic rings. The smallest absolute Gasteiger partial charge is 0.255 e. The Morgan fingerprint density at radius 1 is 1.25 bits per heavy atom. The van der Waals surface area contributed by atoms with Crippen LogP contribution in [0, 0.1) is 0 Å². The van der Waals surface area contributed by atoms with Crippen molar-refractivity contribution in [3.63, 3.8) is 0 Å². The first-order valence-electron chi connectivity index (χ1n) is 9.30. The molecular formula is C19H24N6O3. The Morgan fingerprint density at radius 2 is 2.00 bits per heavy atom. The molecule has 0 spiro atoms. The SMILES string of the molecule is CN(C)c1nc2c(c(=O)[nH]1)CCN(C(=O)C1CC(c3ccc(O)cc3)NN1)C2. The van der Waals surface area contributed by atoms with Gasteiger partial charge in [0.2, 0.25) is 11.9 Å². The number of hydrogen-bond donors (Lipinski definition) is 4. The number of hydrogen-bond acceptors (Lipinski definition) is 7. The number of fused-ring (bicyclic) bond motifs is 1. The van der Waals surface area contributed by atoms with Gasteiger partial charge in [-0.25, -0.2) is 15.8 Å². The van der Waals surface area contributed by atoms with E-state index >= 15 is 0 Å². The van der Waals surface area contributed by atoms with Crippen LogP contribution in [0.5, 0.6) is 5.75 Å². The summed E-state index contributed by atoms with van der Waals surface area (Å²) in [5.41, 5.74) is 8.44. The summed E-state index contributed by atoms with van der Waals surface area (Å²) in [7, 11) is 3.63. The fourth-order valence-electron chi connectivity index (χ4n) is 3.69. The van der Waals surface area contributed by atoms with Gasteiger partial charge < -0.3 is 14.9 Å². The van der Waals surface area contributed by atoms with Gasteiger partial charge in [-0.2, -0.15) is 0 Å². The van der Waals surface area contributed by atoms with E-state index in [1.165, 1.54) is 0 Å². The van der Waals surface area contributed by atoms with E-state index in [0.717, 1.165) is 5.56 Å². The van der Waals surface area contributed by atoms with Crippen LogP contribution in [0.15, 0.2) is 29.1 Å². The van der Waals surface area contributed by atoms with Crippen molar-refractivity contribution < 1.29 is 9.90 Å². The molecule has 28 heavy (non-hydrogen) atoms. The quantitative estimate of drug-likeness (QED) is 0.591. The molecule has 148 valence electrons. The van der Waals surface area contributed by atoms with Crippen LogP contribution in [0.4, 0.5) is 5.95 Å². The molecule has 1 aromatic heterocycles. The number of carbonyl (C=O) groups is 1. The van der Waals surface area contributed by atoms with E-state index in [2.05, 4.69) is 20.8 Å². The molecule has 1 aromatic carbocycles. The van der Waals surface area contributed by atoms with Crippen LogP contribution in [-0.4, -0.2) is 52.6 Å². The van der Waals surface area contributed by atoms with Crippen molar-refractivity contribution in [2.24, 2.45) is 0 Å². The highest BCUT2D eigenvalue weighted by atomic mass is 16.3. The molecule has 0 saturated carbocycles. The van der Waals surface area contributed by atoms with Gasteiger partial charge >= 0.3 is 0 Å². The molecule has 0 bridgehead atoms. The summed E-state index contributed by atoms with van der Waals surface area (Å²) >= 11 is 0. The number of hydrazine groups is 1. The first kappa shape index (κ1) is 18.5. The minimum absolute atomic E-state index is 0.00654. The van der Waals surface area contributed by atoms with Gasteiger partial charge in [-0.15, -0.1) is 0 Å². The van der Waals surface area contributed by atoms with Gasteiger partial charge in [-0.05, 0) is 30.5 Å². The van der Waals surface area contributed by atoms with Gasteiger partial charge in [0.1, 0.15) is 11.8 Å². The van der Waals surface area contributed by atoms with Crippen LogP contribution in [0.1, 0.15) is 29.3 Å². The monoisotopic (exact) mass is 384 g/mol. The Kier molecular flexibility index (Phi) is 4.78. The minimum atomic E-state index is -0.351. The van der Waals surface area contributed by atoms with Gasteiger partial charge in [0.15, 0.2) is 0 Å². The largest absolute Gasteiger partial charge is 0.508 e. The Hall–Kier alpha value is -2.91. The first-order chi connectivity index (χ1) is 13.4. The summed E-state index contributed by atoms with van der Waals surface area (Å²) in [6, 6.07) is 6.61. The third kappa shape index (κ3) is 3.46. The summed E-state index contributed by atoms with van der Waals surface area (Å²) in [6.45, 7) is 0.834. The van der Waals surface area contributed by atoms with Crippen LogP contribution >= 0.6 is 0 Å². The lowest BCUT2D eigenvalue weighted by Gasteiger charge is -2.30. The van der Waals surface area contributed by atoms with Crippen LogP contribution in [0.25, 0.3) is 0 Å². The molecule has 2 unspecified atom stereocenters. The van der Waals surface area contributed by atoms with Gasteiger partial charge in [-0.3, -0.25) is 14.6 Å². The van der Waals surface area contributed by atoms with Crippen molar-refractivity contribution in [1.82, 2.24) is 25.7 Å². The number of benzene rings is 1. The van der Waals surface area contributed by atoms with Crippen molar-refractivity contribution in [3.05, 3.63) is 51.4 Å². The lowest BCUT2D eigenvalue weighted by Crippen LogP contribution is -2.48. The Labute approximate surface area is 162 Å². The predicted molar refractivity (Wildman–Crippen MR) is 104 cm³/mol. The molecule has 3 heterocycles. The molecule has 1 saturated heterocycles. The van der Waals surface area contributed by atoms with Crippen molar-refractivity contribution in [3.8, 4) is 5.75 Å². The van der Waals surface area contributed by atoms with E-state index in [9.17, 15) is 14.7 Å². The van der Waals surface area contributed by atoms with Crippen molar-refractivity contribution in [2.45, 2.75) is 31.5 Å². The fraction of sp³-hybridized carbons (Fsp3) is 0.421. The summed E-state index contributed by atoms with van der Waals surface area (Å²) in [5, 5.41) is 9.43. The van der Waals surface area contributed by atoms with E-state index in [0.29, 0.717) is 43.1 Å². The molecule has 1 amide bonds. The number of nitrogens with zero attached hydrogens (tertiary/aromatic N) is 3. The molecule has 4 N–H and O–H groups in total. The molecule has 2 atom stereocenters. The van der Waals surface area contributed by atoms with Crippen LogP contribution in [0.2, 0.25) is 0 Å². The summed E-state index contributed by atoms with van der Waals surface area (Å²) in [4.78, 5) is 36.1. The summed E-state index contributed by atoms with van der Waals surface area (Å²) in [6.07, 6.45) is 1.11. The molecule has 4 rings (SSSR count). The minimum Gasteiger partial charge on any atom is -0.508 e. The highest BCUT2D eigenvalue weighted by Crippen LogP contribution is 2.26. The number of aromatic nitrogens is 2. The molecule has 9 nitrogen and oxygen atoms in total. The van der Waals surface area contributed by atoms with Crippen LogP contribution in [0.3, 0.4) is 0 Å². The number of carbonyl (C=O) groups excluding carboxylic acids is 1. The van der Waals surface area contributed by atoms with Crippen molar-refractivity contribution in [2.75, 3.05) is 25.5 Å². The lowest BCUT2D eigenvalue weighted by molar-refractivity contribution is -0.134. The van der Waals surface area contributed by atoms with E-state index < -0.39 is 0 Å². The second-order valence-corrected chi connectivity index (χ2v) is 7.44. The average Bonchev–Trinajstić information content (AvgIpc) is 3.17. The van der Waals surface area contributed by atoms with E-state index in [-0.39, 0.29) is 29.3 Å². The molecule has 2 aromatic rings. The first-order valence-corrected chi connectivity index (χ1v) is 9.30. The number of phenols is 1. The topological polar surface area (TPSA) is 114 Å². The second kappa shape index (κ2) is 7.25. The summed E-state index contributed by atoms with van der Waals surface area (Å²) in [5.74, 6) is 0.702. The van der Waals surface area contributed by atoms with Crippen LogP contribution < -0.4 is 21.3 Å². The maximum Gasteiger partial charge on any atom is 0.255 e. The zero-order valence-corrected chi connectivity index (χ0v) is 15.9. The molecule has 0 radical (unpaired) electrons. The Balaban J connectivity index is 1.46. The average molecular weight is 384 g/mol. The Morgan fingerprint density at radius 3 is 2.71 bits per heavy atom. The van der Waals surface area contributed by atoms with Crippen molar-refractivity contribution in [1.29, 1.82) is 0 Å². The zero-order chi connectivity index (χ0) is 19.8. The second-order valence-electron chi connectivity index (χ2n) is 7.44. The molecule has 2 aliphatic heterocycles. The number of amides is 1. The number of nitrogens with one attached hydrogen (secondary N) is 3. The highest BCUT2D eigenvalue weighted by molar-refractivity contribution is 5.82. The van der Waals surface area contributed by atoms with E-state index in [1.54, 1.807) is 21.9 Å². The van der Waals surface area contributed by atoms with Crippen LogP contribution in [-0.2, 0) is 17.8 Å². The van der Waals surface area contributed by atoms with E-state index in [1.807, 2.05) is 26.2 Å². The fourth-order valence-corrected chi connectivity index (χ4v) is 3.69. The number of rotatable bonds is 3. The van der Waals surface area contributed by atoms with Gasteiger partial charge in [0.05, 0.1) is 12.2 Å². The number of anilines is 1. The zero-order valence-electron chi connectivity index (χ0n) is 15.9. The number of phenolic OH excluding ortho intramolecular Hbond substituents is 1. The standard InChI is InChI=1S/C19H24N6O3/c1-24(2)19-20-16-10-25(8-7-13(16)17(27)21-19)18(28)15-9-14(22-23-15)11-3-5-12(26)6-4-11/h3-6,14-15,22-23,26H,7-10H2,1-2H3,(H,20,21,27). The number of H-pyrrole nitrogens is 1. The third-order valence-electron chi connectivity index (χ3n) is 5.29. The van der Waals surface area contributed by atoms with Gasteiger partial charge in [0, 0.05) is 32.2 Å². The van der Waals surface area contributed by atoms with Gasteiger partial charge in [0.25, 0.3) is 5.56 Å². The molecular weight excluding hydrogens is 360 g/mol. The predicted octanol–water partition coefficient (Wildman–Crippen LogP) is 0.0340. The maximum absolute atomic E-state index is 13.0. The van der Waals surface area contributed by atoms with Gasteiger partial charge in [-0.1, -0.05) is 12.1 Å². The number of aromatic hydroxyl groups is 1. The maximum atomic E-state index is 13.0. The number of aromatic amines is 1. The lowest BCUT2D eigenvalue weighted by atomic mass is 10.00. The molecule has 0 aliphatic carbocycles. The van der Waals surface area contributed by atoms with Crippen molar-refractivity contribution >= 4 is 11.9 Å². The highest BCUT2D eigenvalue weighted by Gasteiger charge is 2.34. The molecule has 1 fully saturated rings. The normalized spacial score (nSPS) is 21.4.